The molecule has 4 heterocycles. The summed E-state index contributed by atoms with van der Waals surface area (Å²) in [6, 6.07) is 10.1. The lowest BCUT2D eigenvalue weighted by molar-refractivity contribution is -0.118. The zero-order valence-electron chi connectivity index (χ0n) is 21.9. The SMILES string of the molecule is COc1ccc2nc(NC(=O)C(CC3CCCC3)c3ccc(S(=O)(=O)N4CCc5c(o[nH]c5=O)C4)cc3)sc2n1. The summed E-state index contributed by atoms with van der Waals surface area (Å²) >= 11 is 1.28. The molecule has 0 spiro atoms. The topological polar surface area (TPSA) is 147 Å². The maximum atomic E-state index is 13.6. The van der Waals surface area contributed by atoms with E-state index in [4.69, 9.17) is 9.26 Å². The number of fused-ring (bicyclic) bond motifs is 2. The molecular weight excluding hydrogens is 554 g/mol. The van der Waals surface area contributed by atoms with Crippen LogP contribution in [0.15, 0.2) is 50.6 Å². The first-order valence-corrected chi connectivity index (χ1v) is 15.5. The van der Waals surface area contributed by atoms with Crippen LogP contribution in [0.2, 0.25) is 0 Å². The number of amides is 1. The van der Waals surface area contributed by atoms with Crippen molar-refractivity contribution in [3.8, 4) is 5.88 Å². The van der Waals surface area contributed by atoms with Crippen molar-refractivity contribution in [3.63, 3.8) is 0 Å². The normalized spacial score (nSPS) is 17.1. The number of ether oxygens (including phenoxy) is 1. The minimum Gasteiger partial charge on any atom is -0.481 e. The first kappa shape index (κ1) is 26.7. The predicted octanol–water partition coefficient (Wildman–Crippen LogP) is 4.03. The molecule has 1 unspecified atom stereocenters. The maximum Gasteiger partial charge on any atom is 0.283 e. The highest BCUT2D eigenvalue weighted by Crippen LogP contribution is 2.36. The van der Waals surface area contributed by atoms with Crippen LogP contribution in [0.3, 0.4) is 0 Å². The maximum absolute atomic E-state index is 13.6. The van der Waals surface area contributed by atoms with Gasteiger partial charge in [0.2, 0.25) is 21.8 Å². The molecule has 1 aliphatic carbocycles. The zero-order valence-corrected chi connectivity index (χ0v) is 23.5. The summed E-state index contributed by atoms with van der Waals surface area (Å²) < 4.78 is 38.4. The van der Waals surface area contributed by atoms with Crippen LogP contribution in [-0.2, 0) is 27.8 Å². The van der Waals surface area contributed by atoms with Crippen molar-refractivity contribution >= 4 is 42.7 Å². The smallest absolute Gasteiger partial charge is 0.283 e. The van der Waals surface area contributed by atoms with E-state index in [0.717, 1.165) is 31.2 Å². The van der Waals surface area contributed by atoms with Crippen molar-refractivity contribution in [1.29, 1.82) is 0 Å². The number of aromatic amines is 1. The molecule has 0 radical (unpaired) electrons. The molecule has 6 rings (SSSR count). The molecule has 1 saturated carbocycles. The Morgan fingerprint density at radius 2 is 1.98 bits per heavy atom. The number of rotatable bonds is 8. The number of methoxy groups -OCH3 is 1. The van der Waals surface area contributed by atoms with Gasteiger partial charge in [0.05, 0.1) is 30.0 Å². The molecular formula is C27H29N5O6S2. The molecule has 1 fully saturated rings. The quantitative estimate of drug-likeness (QED) is 0.316. The van der Waals surface area contributed by atoms with Crippen LogP contribution in [0, 0.1) is 5.92 Å². The molecule has 1 aliphatic heterocycles. The Morgan fingerprint density at radius 1 is 1.20 bits per heavy atom. The molecule has 1 atom stereocenters. The minimum absolute atomic E-state index is 0.00618. The lowest BCUT2D eigenvalue weighted by atomic mass is 9.87. The van der Waals surface area contributed by atoms with Crippen LogP contribution in [0.5, 0.6) is 5.88 Å². The predicted molar refractivity (Wildman–Crippen MR) is 149 cm³/mol. The van der Waals surface area contributed by atoms with E-state index in [1.165, 1.54) is 15.6 Å². The lowest BCUT2D eigenvalue weighted by Gasteiger charge is -2.25. The van der Waals surface area contributed by atoms with E-state index in [1.807, 2.05) is 0 Å². The van der Waals surface area contributed by atoms with E-state index < -0.39 is 15.9 Å². The van der Waals surface area contributed by atoms with Gasteiger partial charge in [0.25, 0.3) is 5.56 Å². The van der Waals surface area contributed by atoms with Gasteiger partial charge in [-0.15, -0.1) is 0 Å². The fourth-order valence-corrected chi connectivity index (χ4v) is 7.80. The number of thiazole rings is 1. The standard InChI is InChI=1S/C27H29N5O6S2/c1-37-23-11-10-21-26(29-23)39-27(28-21)30-24(33)20(14-16-4-2-3-5-16)17-6-8-18(9-7-17)40(35,36)32-13-12-19-22(15-32)38-31-25(19)34/h6-11,16,20H,2-5,12-15H2,1H3,(H,31,34)(H,28,30,33). The minimum atomic E-state index is -3.82. The number of benzene rings is 1. The Morgan fingerprint density at radius 3 is 2.73 bits per heavy atom. The van der Waals surface area contributed by atoms with Crippen LogP contribution in [0.1, 0.15) is 54.9 Å². The van der Waals surface area contributed by atoms with Gasteiger partial charge in [-0.05, 0) is 42.5 Å². The molecule has 40 heavy (non-hydrogen) atoms. The van der Waals surface area contributed by atoms with Gasteiger partial charge in [0.15, 0.2) is 10.9 Å². The average Bonchev–Trinajstić information content (AvgIpc) is 3.71. The van der Waals surface area contributed by atoms with Crippen LogP contribution >= 0.6 is 11.3 Å². The molecule has 13 heteroatoms. The first-order valence-electron chi connectivity index (χ1n) is 13.2. The third kappa shape index (κ3) is 5.16. The molecule has 3 aromatic heterocycles. The van der Waals surface area contributed by atoms with Crippen LogP contribution < -0.4 is 15.6 Å². The Hall–Kier alpha value is -3.55. The molecule has 0 saturated heterocycles. The van der Waals surface area contributed by atoms with E-state index in [9.17, 15) is 18.0 Å². The number of carbonyl (C=O) groups is 1. The van der Waals surface area contributed by atoms with Gasteiger partial charge in [-0.25, -0.2) is 18.4 Å². The highest BCUT2D eigenvalue weighted by atomic mass is 32.2. The fourth-order valence-electron chi connectivity index (χ4n) is 5.57. The van der Waals surface area contributed by atoms with Gasteiger partial charge in [0.1, 0.15) is 10.3 Å². The van der Waals surface area contributed by atoms with Crippen molar-refractivity contribution < 1.29 is 22.5 Å². The number of sulfonamides is 1. The largest absolute Gasteiger partial charge is 0.481 e. The second-order valence-electron chi connectivity index (χ2n) is 10.2. The molecule has 11 nitrogen and oxygen atoms in total. The average molecular weight is 584 g/mol. The lowest BCUT2D eigenvalue weighted by Crippen LogP contribution is -2.36. The van der Waals surface area contributed by atoms with Gasteiger partial charge in [-0.2, -0.15) is 9.46 Å². The molecule has 4 aromatic rings. The Balaban J connectivity index is 1.23. The number of aromatic nitrogens is 3. The monoisotopic (exact) mass is 583 g/mol. The first-order chi connectivity index (χ1) is 19.3. The Kier molecular flexibility index (Phi) is 7.19. The van der Waals surface area contributed by atoms with E-state index in [1.54, 1.807) is 43.5 Å². The van der Waals surface area contributed by atoms with Crippen LogP contribution in [0.25, 0.3) is 10.3 Å². The van der Waals surface area contributed by atoms with E-state index >= 15 is 0 Å². The van der Waals surface area contributed by atoms with Crippen molar-refractivity contribution in [3.05, 3.63) is 63.6 Å². The van der Waals surface area contributed by atoms with Crippen LogP contribution in [-0.4, -0.2) is 47.4 Å². The van der Waals surface area contributed by atoms with E-state index in [0.29, 0.717) is 45.0 Å². The number of pyridine rings is 1. The fraction of sp³-hybridized carbons (Fsp3) is 0.407. The summed E-state index contributed by atoms with van der Waals surface area (Å²) in [6.45, 7) is 0.184. The molecule has 2 N–H and O–H groups in total. The van der Waals surface area contributed by atoms with Gasteiger partial charge < -0.3 is 14.6 Å². The number of hydrogen-bond donors (Lipinski definition) is 2. The summed E-state index contributed by atoms with van der Waals surface area (Å²) in [7, 11) is -2.27. The van der Waals surface area contributed by atoms with Gasteiger partial charge in [0, 0.05) is 12.6 Å². The molecule has 210 valence electrons. The second kappa shape index (κ2) is 10.8. The van der Waals surface area contributed by atoms with Crippen molar-refractivity contribution in [2.75, 3.05) is 19.0 Å². The molecule has 1 amide bonds. The zero-order chi connectivity index (χ0) is 27.9. The molecule has 2 aliphatic rings. The number of anilines is 1. The second-order valence-corrected chi connectivity index (χ2v) is 13.1. The summed E-state index contributed by atoms with van der Waals surface area (Å²) in [5, 5.41) is 5.71. The van der Waals surface area contributed by atoms with Crippen molar-refractivity contribution in [2.45, 2.75) is 55.9 Å². The van der Waals surface area contributed by atoms with Gasteiger partial charge in [-0.1, -0.05) is 49.2 Å². The van der Waals surface area contributed by atoms with E-state index in [2.05, 4.69) is 20.4 Å². The summed E-state index contributed by atoms with van der Waals surface area (Å²) in [5.74, 6) is 0.610. The number of H-pyrrole nitrogens is 1. The number of nitrogens with one attached hydrogen (secondary N) is 2. The van der Waals surface area contributed by atoms with E-state index in [-0.39, 0.29) is 35.9 Å². The third-order valence-corrected chi connectivity index (χ3v) is 10.5. The highest BCUT2D eigenvalue weighted by molar-refractivity contribution is 7.89. The summed E-state index contributed by atoms with van der Waals surface area (Å²) in [4.78, 5) is 35.1. The van der Waals surface area contributed by atoms with Gasteiger partial charge >= 0.3 is 0 Å². The number of nitrogens with zero attached hydrogens (tertiary/aromatic N) is 3. The highest BCUT2D eigenvalue weighted by Gasteiger charge is 2.33. The number of hydrogen-bond acceptors (Lipinski definition) is 9. The van der Waals surface area contributed by atoms with Gasteiger partial charge in [-0.3, -0.25) is 9.59 Å². The molecule has 0 bridgehead atoms. The molecule has 1 aromatic carbocycles. The van der Waals surface area contributed by atoms with Crippen molar-refractivity contribution in [1.82, 2.24) is 19.4 Å². The summed E-state index contributed by atoms with van der Waals surface area (Å²) in [5.41, 5.74) is 1.60. The van der Waals surface area contributed by atoms with Crippen LogP contribution in [0.4, 0.5) is 5.13 Å². The van der Waals surface area contributed by atoms with Crippen molar-refractivity contribution in [2.24, 2.45) is 5.92 Å². The Labute approximate surface area is 234 Å². The Bertz CT molecular complexity index is 1700. The third-order valence-electron chi connectivity index (χ3n) is 7.76. The summed E-state index contributed by atoms with van der Waals surface area (Å²) in [6.07, 6.45) is 5.42. The number of carbonyl (C=O) groups excluding carboxylic acids is 1.